The number of ether oxygens (including phenoxy) is 1. The average Bonchev–Trinajstić information content (AvgIpc) is 2.89. The largest absolute Gasteiger partial charge is 0.490 e. The van der Waals surface area contributed by atoms with Crippen molar-refractivity contribution in [2.24, 2.45) is 5.92 Å². The predicted octanol–water partition coefficient (Wildman–Crippen LogP) is 1.01. The molecule has 1 rings (SSSR count). The van der Waals surface area contributed by atoms with Crippen molar-refractivity contribution in [3.63, 3.8) is 0 Å². The molecule has 26 heavy (non-hydrogen) atoms. The molecule has 0 aliphatic carbocycles. The smallest absolute Gasteiger partial charge is 0.475 e. The molecule has 150 valence electrons. The Morgan fingerprint density at radius 3 is 2.12 bits per heavy atom. The third kappa shape index (κ3) is 6.20. The van der Waals surface area contributed by atoms with Gasteiger partial charge in [-0.15, -0.1) is 6.58 Å². The minimum atomic E-state index is -5.08. The second kappa shape index (κ2) is 8.87. The van der Waals surface area contributed by atoms with Gasteiger partial charge in [-0.3, -0.25) is 4.79 Å². The van der Waals surface area contributed by atoms with E-state index in [0.717, 1.165) is 7.11 Å². The van der Waals surface area contributed by atoms with E-state index in [2.05, 4.69) is 16.6 Å². The summed E-state index contributed by atoms with van der Waals surface area (Å²) in [7, 11) is 1.06. The van der Waals surface area contributed by atoms with Crippen LogP contribution in [0.2, 0.25) is 0 Å². The Kier molecular flexibility index (Phi) is 8.08. The Morgan fingerprint density at radius 1 is 1.27 bits per heavy atom. The topological polar surface area (TPSA) is 105 Å². The van der Waals surface area contributed by atoms with Gasteiger partial charge in [0.1, 0.15) is 0 Å². The van der Waals surface area contributed by atoms with Crippen molar-refractivity contribution < 1.29 is 50.6 Å². The van der Waals surface area contributed by atoms with Crippen LogP contribution in [0.25, 0.3) is 0 Å². The molecule has 13 heteroatoms. The molecule has 1 fully saturated rings. The second-order valence-corrected chi connectivity index (χ2v) is 5.07. The number of esters is 1. The normalized spacial score (nSPS) is 22.7. The van der Waals surface area contributed by atoms with Crippen LogP contribution in [0.1, 0.15) is 6.42 Å². The van der Waals surface area contributed by atoms with E-state index < -0.39 is 41.7 Å². The van der Waals surface area contributed by atoms with Crippen molar-refractivity contribution in [3.8, 4) is 0 Å². The van der Waals surface area contributed by atoms with Crippen LogP contribution in [0.5, 0.6) is 0 Å². The third-order valence-corrected chi connectivity index (χ3v) is 3.33. The molecule has 1 heterocycles. The summed E-state index contributed by atoms with van der Waals surface area (Å²) in [6, 6.07) is 0. The first-order chi connectivity index (χ1) is 11.7. The van der Waals surface area contributed by atoms with Crippen molar-refractivity contribution >= 4 is 17.8 Å². The first-order valence-electron chi connectivity index (χ1n) is 6.81. The molecule has 1 saturated heterocycles. The fourth-order valence-electron chi connectivity index (χ4n) is 2.14. The minimum absolute atomic E-state index is 0.111. The minimum Gasteiger partial charge on any atom is -0.475 e. The zero-order valence-corrected chi connectivity index (χ0v) is 13.3. The summed E-state index contributed by atoms with van der Waals surface area (Å²) in [4.78, 5) is 31.8. The Morgan fingerprint density at radius 2 is 1.77 bits per heavy atom. The summed E-state index contributed by atoms with van der Waals surface area (Å²) in [6.07, 6.45) is -8.38. The fraction of sp³-hybridized carbons (Fsp3) is 0.615. The highest BCUT2D eigenvalue weighted by molar-refractivity contribution is 5.91. The Bertz CT molecular complexity index is 548. The van der Waals surface area contributed by atoms with Crippen molar-refractivity contribution in [3.05, 3.63) is 12.7 Å². The van der Waals surface area contributed by atoms with Gasteiger partial charge in [-0.1, -0.05) is 6.08 Å². The number of carboxylic acids is 1. The van der Waals surface area contributed by atoms with Crippen LogP contribution >= 0.6 is 0 Å². The van der Waals surface area contributed by atoms with E-state index in [1.54, 1.807) is 5.32 Å². The van der Waals surface area contributed by atoms with E-state index in [1.807, 2.05) is 0 Å². The third-order valence-electron chi connectivity index (χ3n) is 3.33. The van der Waals surface area contributed by atoms with Gasteiger partial charge in [0.25, 0.3) is 0 Å². The lowest BCUT2D eigenvalue weighted by Gasteiger charge is -2.32. The molecule has 0 unspecified atom stereocenters. The summed E-state index contributed by atoms with van der Waals surface area (Å²) in [5.41, 5.74) is -1.71. The van der Waals surface area contributed by atoms with E-state index in [9.17, 15) is 35.9 Å². The molecular weight excluding hydrogens is 378 g/mol. The molecule has 0 radical (unpaired) electrons. The number of alkyl halides is 6. The highest BCUT2D eigenvalue weighted by Crippen LogP contribution is 2.29. The number of allylic oxidation sites excluding steroid dienone is 1. The molecular formula is C13H16F6N2O5. The molecule has 0 bridgehead atoms. The van der Waals surface area contributed by atoms with E-state index in [-0.39, 0.29) is 13.0 Å². The van der Waals surface area contributed by atoms with Gasteiger partial charge in [0, 0.05) is 19.0 Å². The lowest BCUT2D eigenvalue weighted by molar-refractivity contribution is -0.192. The van der Waals surface area contributed by atoms with Crippen LogP contribution < -0.4 is 10.6 Å². The monoisotopic (exact) mass is 394 g/mol. The molecule has 0 saturated carbocycles. The zero-order chi connectivity index (χ0) is 20.8. The van der Waals surface area contributed by atoms with Gasteiger partial charge in [-0.25, -0.2) is 9.59 Å². The van der Waals surface area contributed by atoms with E-state index in [1.165, 1.54) is 6.08 Å². The van der Waals surface area contributed by atoms with Gasteiger partial charge in [-0.2, -0.15) is 26.3 Å². The number of carbonyl (C=O) groups is 3. The van der Waals surface area contributed by atoms with Crippen molar-refractivity contribution in [2.45, 2.75) is 24.3 Å². The highest BCUT2D eigenvalue weighted by atomic mass is 19.4. The van der Waals surface area contributed by atoms with Gasteiger partial charge in [0.2, 0.25) is 0 Å². The SMILES string of the molecule is C=CC[C@H]1CNC[C@@]1(NC(=O)C(F)(F)F)C(=O)OC.O=C(O)C(F)(F)F. The summed E-state index contributed by atoms with van der Waals surface area (Å²) in [5, 5.41) is 11.7. The Labute approximate surface area is 143 Å². The first-order valence-corrected chi connectivity index (χ1v) is 6.81. The van der Waals surface area contributed by atoms with Crippen LogP contribution in [-0.2, 0) is 19.1 Å². The summed E-state index contributed by atoms with van der Waals surface area (Å²) in [5.74, 6) is -6.35. The van der Waals surface area contributed by atoms with E-state index in [4.69, 9.17) is 9.90 Å². The van der Waals surface area contributed by atoms with Crippen LogP contribution in [-0.4, -0.2) is 61.0 Å². The molecule has 0 aromatic rings. The molecule has 7 nitrogen and oxygen atoms in total. The maximum Gasteiger partial charge on any atom is 0.490 e. The number of hydrogen-bond acceptors (Lipinski definition) is 5. The average molecular weight is 394 g/mol. The van der Waals surface area contributed by atoms with Crippen LogP contribution in [0.4, 0.5) is 26.3 Å². The number of carboxylic acid groups (broad SMARTS) is 1. The number of halogens is 6. The van der Waals surface area contributed by atoms with Crippen molar-refractivity contribution in [1.82, 2.24) is 10.6 Å². The Hall–Kier alpha value is -2.31. The molecule has 2 atom stereocenters. The van der Waals surface area contributed by atoms with E-state index in [0.29, 0.717) is 6.54 Å². The lowest BCUT2D eigenvalue weighted by atomic mass is 9.84. The lowest BCUT2D eigenvalue weighted by Crippen LogP contribution is -2.62. The Balaban J connectivity index is 0.000000758. The van der Waals surface area contributed by atoms with Crippen LogP contribution in [0, 0.1) is 5.92 Å². The number of methoxy groups -OCH3 is 1. The van der Waals surface area contributed by atoms with Gasteiger partial charge < -0.3 is 20.5 Å². The fourth-order valence-corrected chi connectivity index (χ4v) is 2.14. The second-order valence-electron chi connectivity index (χ2n) is 5.07. The quantitative estimate of drug-likeness (QED) is 0.374. The van der Waals surface area contributed by atoms with Gasteiger partial charge >= 0.3 is 30.2 Å². The molecule has 3 N–H and O–H groups in total. The zero-order valence-electron chi connectivity index (χ0n) is 13.3. The number of aliphatic carboxylic acids is 1. The standard InChI is InChI=1S/C11H15F3N2O3.C2HF3O2/c1-3-4-7-5-15-6-10(7,9(18)19-2)16-8(17)11(12,13)14;3-2(4,5)1(6)7/h3,7,15H,1,4-6H2,2H3,(H,16,17);(H,6,7)/t7-,10-;/m0./s1. The molecule has 0 aromatic heterocycles. The number of amides is 1. The molecule has 1 aliphatic rings. The van der Waals surface area contributed by atoms with Crippen molar-refractivity contribution in [2.75, 3.05) is 20.2 Å². The number of carbonyl (C=O) groups excluding carboxylic acids is 2. The van der Waals surface area contributed by atoms with Gasteiger partial charge in [-0.05, 0) is 6.42 Å². The predicted molar refractivity (Wildman–Crippen MR) is 73.8 cm³/mol. The van der Waals surface area contributed by atoms with Crippen molar-refractivity contribution in [1.29, 1.82) is 0 Å². The summed E-state index contributed by atoms with van der Waals surface area (Å²) >= 11 is 0. The molecule has 1 amide bonds. The number of hydrogen-bond donors (Lipinski definition) is 3. The highest BCUT2D eigenvalue weighted by Gasteiger charge is 2.54. The van der Waals surface area contributed by atoms with Gasteiger partial charge in [0.05, 0.1) is 7.11 Å². The summed E-state index contributed by atoms with van der Waals surface area (Å²) in [6.45, 7) is 3.67. The maximum atomic E-state index is 12.3. The maximum absolute atomic E-state index is 12.3. The van der Waals surface area contributed by atoms with E-state index >= 15 is 0 Å². The number of rotatable bonds is 4. The summed E-state index contributed by atoms with van der Waals surface area (Å²) < 4.78 is 73.3. The number of nitrogens with one attached hydrogen (secondary N) is 2. The first kappa shape index (κ1) is 23.7. The van der Waals surface area contributed by atoms with Crippen LogP contribution in [0.15, 0.2) is 12.7 Å². The molecule has 0 spiro atoms. The van der Waals surface area contributed by atoms with Crippen LogP contribution in [0.3, 0.4) is 0 Å². The molecule has 0 aromatic carbocycles. The van der Waals surface area contributed by atoms with Gasteiger partial charge in [0.15, 0.2) is 5.54 Å². The molecule has 1 aliphatic heterocycles.